The molecule has 0 saturated carbocycles. The highest BCUT2D eigenvalue weighted by Gasteiger charge is 2.17. The van der Waals surface area contributed by atoms with E-state index >= 15 is 0 Å². The van der Waals surface area contributed by atoms with Crippen LogP contribution < -0.4 is 5.32 Å². The molecular formula is C15H22FNO3. The summed E-state index contributed by atoms with van der Waals surface area (Å²) in [7, 11) is 1.68. The average molecular weight is 283 g/mol. The minimum atomic E-state index is -1.25. The molecule has 0 radical (unpaired) electrons. The molecule has 2 N–H and O–H groups in total. The van der Waals surface area contributed by atoms with Gasteiger partial charge >= 0.3 is 5.97 Å². The molecule has 0 unspecified atom stereocenters. The summed E-state index contributed by atoms with van der Waals surface area (Å²) in [5.74, 6) is -1.95. The summed E-state index contributed by atoms with van der Waals surface area (Å²) in [5, 5.41) is 12.0. The second-order valence-corrected chi connectivity index (χ2v) is 5.63. The highest BCUT2D eigenvalue weighted by molar-refractivity contribution is 5.87. The summed E-state index contributed by atoms with van der Waals surface area (Å²) in [4.78, 5) is 10.7. The molecule has 0 atom stereocenters. The van der Waals surface area contributed by atoms with Crippen molar-refractivity contribution in [2.24, 2.45) is 5.41 Å². The van der Waals surface area contributed by atoms with Crippen molar-refractivity contribution in [2.45, 2.75) is 26.8 Å². The fourth-order valence-electron chi connectivity index (χ4n) is 1.85. The highest BCUT2D eigenvalue weighted by Crippen LogP contribution is 2.19. The van der Waals surface area contributed by atoms with E-state index in [2.05, 4.69) is 19.2 Å². The van der Waals surface area contributed by atoms with Crippen molar-refractivity contribution in [3.05, 3.63) is 35.1 Å². The van der Waals surface area contributed by atoms with Gasteiger partial charge in [0, 0.05) is 26.8 Å². The second-order valence-electron chi connectivity index (χ2n) is 5.63. The zero-order valence-corrected chi connectivity index (χ0v) is 12.2. The Labute approximate surface area is 119 Å². The lowest BCUT2D eigenvalue weighted by Crippen LogP contribution is -2.30. The number of benzene rings is 1. The minimum Gasteiger partial charge on any atom is -0.478 e. The number of nitrogens with one attached hydrogen (secondary N) is 1. The number of carbonyl (C=O) groups is 1. The van der Waals surface area contributed by atoms with E-state index in [4.69, 9.17) is 9.84 Å². The number of methoxy groups -OCH3 is 1. The summed E-state index contributed by atoms with van der Waals surface area (Å²) in [6, 6.07) is 4.19. The molecule has 0 aromatic heterocycles. The largest absolute Gasteiger partial charge is 0.478 e. The zero-order valence-electron chi connectivity index (χ0n) is 12.2. The van der Waals surface area contributed by atoms with Crippen LogP contribution in [0.1, 0.15) is 36.2 Å². The van der Waals surface area contributed by atoms with Crippen LogP contribution in [0.15, 0.2) is 18.2 Å². The molecule has 0 fully saturated rings. The molecule has 0 aliphatic heterocycles. The second kappa shape index (κ2) is 7.36. The summed E-state index contributed by atoms with van der Waals surface area (Å²) < 4.78 is 18.6. The third-order valence-corrected chi connectivity index (χ3v) is 3.18. The summed E-state index contributed by atoms with van der Waals surface area (Å²) in [6.07, 6.45) is 0.933. The molecule has 5 heteroatoms. The van der Waals surface area contributed by atoms with Crippen molar-refractivity contribution in [1.29, 1.82) is 0 Å². The highest BCUT2D eigenvalue weighted by atomic mass is 19.1. The molecule has 0 aliphatic rings. The predicted molar refractivity (Wildman–Crippen MR) is 75.3 cm³/mol. The molecule has 0 aliphatic carbocycles. The standard InChI is InChI=1S/C15H22FNO3/c1-15(2,6-7-20-3)10-17-9-11-4-5-12(14(18)19)13(16)8-11/h4-5,8,17H,6-7,9-10H2,1-3H3,(H,18,19). The van der Waals surface area contributed by atoms with Crippen LogP contribution in [0.3, 0.4) is 0 Å². The monoisotopic (exact) mass is 283 g/mol. The van der Waals surface area contributed by atoms with Gasteiger partial charge in [-0.25, -0.2) is 9.18 Å². The maximum absolute atomic E-state index is 13.5. The van der Waals surface area contributed by atoms with Gasteiger partial charge in [-0.2, -0.15) is 0 Å². The van der Waals surface area contributed by atoms with Gasteiger partial charge in [0.05, 0.1) is 5.56 Å². The lowest BCUT2D eigenvalue weighted by molar-refractivity contribution is 0.0692. The zero-order chi connectivity index (χ0) is 15.2. The van der Waals surface area contributed by atoms with Gasteiger partial charge in [-0.1, -0.05) is 19.9 Å². The van der Waals surface area contributed by atoms with E-state index in [1.54, 1.807) is 13.2 Å². The Hall–Kier alpha value is -1.46. The van der Waals surface area contributed by atoms with E-state index in [-0.39, 0.29) is 11.0 Å². The maximum atomic E-state index is 13.5. The van der Waals surface area contributed by atoms with Crippen molar-refractivity contribution >= 4 is 5.97 Å². The number of hydrogen-bond donors (Lipinski definition) is 2. The molecule has 0 spiro atoms. The Morgan fingerprint density at radius 2 is 2.15 bits per heavy atom. The van der Waals surface area contributed by atoms with Crippen LogP contribution in [-0.4, -0.2) is 31.3 Å². The van der Waals surface area contributed by atoms with Gasteiger partial charge < -0.3 is 15.2 Å². The average Bonchev–Trinajstić information content (AvgIpc) is 2.36. The van der Waals surface area contributed by atoms with Gasteiger partial charge in [-0.05, 0) is 29.5 Å². The molecule has 0 heterocycles. The van der Waals surface area contributed by atoms with E-state index in [1.165, 1.54) is 12.1 Å². The van der Waals surface area contributed by atoms with E-state index in [1.807, 2.05) is 0 Å². The number of carboxylic acids is 1. The Morgan fingerprint density at radius 1 is 1.45 bits per heavy atom. The van der Waals surface area contributed by atoms with Gasteiger partial charge in [-0.3, -0.25) is 0 Å². The first kappa shape index (κ1) is 16.6. The number of aromatic carboxylic acids is 1. The topological polar surface area (TPSA) is 58.6 Å². The fourth-order valence-corrected chi connectivity index (χ4v) is 1.85. The molecule has 1 aromatic rings. The van der Waals surface area contributed by atoms with Crippen LogP contribution in [0.5, 0.6) is 0 Å². The lowest BCUT2D eigenvalue weighted by atomic mass is 9.89. The van der Waals surface area contributed by atoms with E-state index in [0.29, 0.717) is 13.2 Å². The third kappa shape index (κ3) is 5.27. The maximum Gasteiger partial charge on any atom is 0.338 e. The van der Waals surface area contributed by atoms with Crippen molar-refractivity contribution in [3.63, 3.8) is 0 Å². The summed E-state index contributed by atoms with van der Waals surface area (Å²) >= 11 is 0. The minimum absolute atomic E-state index is 0.0928. The SMILES string of the molecule is COCCC(C)(C)CNCc1ccc(C(=O)O)c(F)c1. The molecule has 0 amide bonds. The lowest BCUT2D eigenvalue weighted by Gasteiger charge is -2.24. The molecule has 1 rings (SSSR count). The predicted octanol–water partition coefficient (Wildman–Crippen LogP) is 2.68. The van der Waals surface area contributed by atoms with Crippen molar-refractivity contribution in [1.82, 2.24) is 5.32 Å². The van der Waals surface area contributed by atoms with Crippen LogP contribution in [0.2, 0.25) is 0 Å². The van der Waals surface area contributed by atoms with Crippen LogP contribution >= 0.6 is 0 Å². The Kier molecular flexibility index (Phi) is 6.10. The Bertz CT molecular complexity index is 460. The smallest absolute Gasteiger partial charge is 0.338 e. The third-order valence-electron chi connectivity index (χ3n) is 3.18. The van der Waals surface area contributed by atoms with Crippen molar-refractivity contribution in [3.8, 4) is 0 Å². The van der Waals surface area contributed by atoms with E-state index in [9.17, 15) is 9.18 Å². The molecule has 0 bridgehead atoms. The number of carboxylic acid groups (broad SMARTS) is 1. The van der Waals surface area contributed by atoms with Crippen LogP contribution in [0, 0.1) is 11.2 Å². The number of halogens is 1. The van der Waals surface area contributed by atoms with Gasteiger partial charge in [-0.15, -0.1) is 0 Å². The number of hydrogen-bond acceptors (Lipinski definition) is 3. The molecule has 112 valence electrons. The Morgan fingerprint density at radius 3 is 2.70 bits per heavy atom. The van der Waals surface area contributed by atoms with Crippen LogP contribution in [0.4, 0.5) is 4.39 Å². The van der Waals surface area contributed by atoms with Gasteiger partial charge in [0.1, 0.15) is 5.82 Å². The molecule has 4 nitrogen and oxygen atoms in total. The Balaban J connectivity index is 2.50. The fraction of sp³-hybridized carbons (Fsp3) is 0.533. The molecule has 0 saturated heterocycles. The van der Waals surface area contributed by atoms with Crippen molar-refractivity contribution < 1.29 is 19.0 Å². The first-order valence-electron chi connectivity index (χ1n) is 6.57. The quantitative estimate of drug-likeness (QED) is 0.770. The molecule has 20 heavy (non-hydrogen) atoms. The normalized spacial score (nSPS) is 11.6. The summed E-state index contributed by atoms with van der Waals surface area (Å²) in [6.45, 7) is 6.25. The van der Waals surface area contributed by atoms with E-state index < -0.39 is 11.8 Å². The summed E-state index contributed by atoms with van der Waals surface area (Å²) in [5.41, 5.74) is 0.527. The van der Waals surface area contributed by atoms with Gasteiger partial charge in [0.15, 0.2) is 0 Å². The first-order chi connectivity index (χ1) is 9.35. The number of rotatable bonds is 8. The van der Waals surface area contributed by atoms with Crippen LogP contribution in [-0.2, 0) is 11.3 Å². The van der Waals surface area contributed by atoms with Gasteiger partial charge in [0.25, 0.3) is 0 Å². The molecule has 1 aromatic carbocycles. The van der Waals surface area contributed by atoms with Gasteiger partial charge in [0.2, 0.25) is 0 Å². The molecular weight excluding hydrogens is 261 g/mol. The van der Waals surface area contributed by atoms with E-state index in [0.717, 1.165) is 18.5 Å². The number of ether oxygens (including phenoxy) is 1. The van der Waals surface area contributed by atoms with Crippen LogP contribution in [0.25, 0.3) is 0 Å². The van der Waals surface area contributed by atoms with Crippen molar-refractivity contribution in [2.75, 3.05) is 20.3 Å². The first-order valence-corrected chi connectivity index (χ1v) is 6.57.